The SMILES string of the molecule is O=S(=O)(NC1CCC(Oc2ncc(Cl)cn2)CC1)c1ccc(F)cc1. The Morgan fingerprint density at radius 3 is 2.28 bits per heavy atom. The first-order valence-corrected chi connectivity index (χ1v) is 9.70. The fourth-order valence-corrected chi connectivity index (χ4v) is 4.11. The Hall–Kier alpha value is -1.77. The zero-order chi connectivity index (χ0) is 17.9. The van der Waals surface area contributed by atoms with E-state index in [0.717, 1.165) is 12.1 Å². The van der Waals surface area contributed by atoms with Crippen molar-refractivity contribution in [3.8, 4) is 6.01 Å². The van der Waals surface area contributed by atoms with Crippen LogP contribution in [-0.4, -0.2) is 30.5 Å². The van der Waals surface area contributed by atoms with Crippen LogP contribution in [0.3, 0.4) is 0 Å². The summed E-state index contributed by atoms with van der Waals surface area (Å²) in [6.07, 6.45) is 5.51. The highest BCUT2D eigenvalue weighted by molar-refractivity contribution is 7.89. The van der Waals surface area contributed by atoms with E-state index in [9.17, 15) is 12.8 Å². The second-order valence-corrected chi connectivity index (χ2v) is 8.00. The molecule has 6 nitrogen and oxygen atoms in total. The van der Waals surface area contributed by atoms with Crippen molar-refractivity contribution >= 4 is 21.6 Å². The van der Waals surface area contributed by atoms with Gasteiger partial charge in [-0.15, -0.1) is 0 Å². The molecule has 0 saturated heterocycles. The van der Waals surface area contributed by atoms with Crippen LogP contribution in [0.2, 0.25) is 5.02 Å². The van der Waals surface area contributed by atoms with Gasteiger partial charge in [-0.05, 0) is 49.9 Å². The molecule has 1 aliphatic rings. The number of ether oxygens (including phenoxy) is 1. The first-order valence-electron chi connectivity index (χ1n) is 7.84. The minimum atomic E-state index is -3.65. The number of hydrogen-bond acceptors (Lipinski definition) is 5. The predicted octanol–water partition coefficient (Wildman–Crippen LogP) is 2.94. The molecule has 3 rings (SSSR count). The van der Waals surface area contributed by atoms with E-state index in [-0.39, 0.29) is 23.1 Å². The van der Waals surface area contributed by atoms with Crippen LogP contribution in [0.4, 0.5) is 4.39 Å². The van der Waals surface area contributed by atoms with E-state index in [1.165, 1.54) is 24.5 Å². The third kappa shape index (κ3) is 4.87. The predicted molar refractivity (Wildman–Crippen MR) is 90.4 cm³/mol. The Bertz CT molecular complexity index is 808. The van der Waals surface area contributed by atoms with Crippen LogP contribution >= 0.6 is 11.6 Å². The molecule has 25 heavy (non-hydrogen) atoms. The summed E-state index contributed by atoms with van der Waals surface area (Å²) in [5.41, 5.74) is 0. The normalized spacial score (nSPS) is 21.0. The van der Waals surface area contributed by atoms with Crippen LogP contribution in [0.25, 0.3) is 0 Å². The Balaban J connectivity index is 1.53. The summed E-state index contributed by atoms with van der Waals surface area (Å²) in [6.45, 7) is 0. The molecule has 1 N–H and O–H groups in total. The van der Waals surface area contributed by atoms with Gasteiger partial charge in [0.05, 0.1) is 22.3 Å². The van der Waals surface area contributed by atoms with Gasteiger partial charge in [0, 0.05) is 6.04 Å². The minimum Gasteiger partial charge on any atom is -0.460 e. The smallest absolute Gasteiger partial charge is 0.316 e. The number of rotatable bonds is 5. The molecule has 0 amide bonds. The maximum Gasteiger partial charge on any atom is 0.316 e. The number of nitrogens with zero attached hydrogens (tertiary/aromatic N) is 2. The van der Waals surface area contributed by atoms with Gasteiger partial charge in [-0.25, -0.2) is 27.5 Å². The van der Waals surface area contributed by atoms with Crippen LogP contribution < -0.4 is 9.46 Å². The number of nitrogens with one attached hydrogen (secondary N) is 1. The quantitative estimate of drug-likeness (QED) is 0.855. The molecule has 0 aliphatic heterocycles. The maximum atomic E-state index is 12.9. The number of hydrogen-bond donors (Lipinski definition) is 1. The zero-order valence-electron chi connectivity index (χ0n) is 13.2. The van der Waals surface area contributed by atoms with Crippen LogP contribution in [0, 0.1) is 5.82 Å². The lowest BCUT2D eigenvalue weighted by molar-refractivity contribution is 0.132. The molecule has 0 bridgehead atoms. The van der Waals surface area contributed by atoms with Crippen LogP contribution in [-0.2, 0) is 10.0 Å². The van der Waals surface area contributed by atoms with Gasteiger partial charge in [0.1, 0.15) is 11.9 Å². The first kappa shape index (κ1) is 18.0. The Morgan fingerprint density at radius 1 is 1.08 bits per heavy atom. The summed E-state index contributed by atoms with van der Waals surface area (Å²) in [4.78, 5) is 8.04. The standard InChI is InChI=1S/C16H17ClFN3O3S/c17-11-9-19-16(20-10-11)24-14-5-3-13(4-6-14)21-25(22,23)15-7-1-12(18)2-8-15/h1-2,7-10,13-14,21H,3-6H2. The van der Waals surface area contributed by atoms with Gasteiger partial charge >= 0.3 is 6.01 Å². The molecule has 0 atom stereocenters. The van der Waals surface area contributed by atoms with Crippen molar-refractivity contribution in [2.75, 3.05) is 0 Å². The zero-order valence-corrected chi connectivity index (χ0v) is 14.8. The van der Waals surface area contributed by atoms with E-state index < -0.39 is 15.8 Å². The first-order chi connectivity index (χ1) is 11.9. The van der Waals surface area contributed by atoms with Crippen molar-refractivity contribution in [3.05, 3.63) is 47.5 Å². The Labute approximate surface area is 150 Å². The Kier molecular flexibility index (Phi) is 5.51. The summed E-state index contributed by atoms with van der Waals surface area (Å²) < 4.78 is 45.9. The highest BCUT2D eigenvalue weighted by Crippen LogP contribution is 2.24. The van der Waals surface area contributed by atoms with Gasteiger partial charge in [-0.1, -0.05) is 11.6 Å². The summed E-state index contributed by atoms with van der Waals surface area (Å²) in [6, 6.07) is 4.85. The Morgan fingerprint density at radius 2 is 1.68 bits per heavy atom. The summed E-state index contributed by atoms with van der Waals surface area (Å²) >= 11 is 5.73. The average Bonchev–Trinajstić information content (AvgIpc) is 2.59. The number of halogens is 2. The van der Waals surface area contributed by atoms with Crippen molar-refractivity contribution in [2.24, 2.45) is 0 Å². The van der Waals surface area contributed by atoms with E-state index in [1.54, 1.807) is 0 Å². The molecule has 134 valence electrons. The van der Waals surface area contributed by atoms with Gasteiger partial charge in [0.25, 0.3) is 0 Å². The molecule has 1 fully saturated rings. The number of aromatic nitrogens is 2. The van der Waals surface area contributed by atoms with Gasteiger partial charge in [0.15, 0.2) is 0 Å². The van der Waals surface area contributed by atoms with Crippen LogP contribution in [0.1, 0.15) is 25.7 Å². The summed E-state index contributed by atoms with van der Waals surface area (Å²) in [5.74, 6) is -0.471. The lowest BCUT2D eigenvalue weighted by Gasteiger charge is -2.28. The molecular weight excluding hydrogens is 369 g/mol. The minimum absolute atomic E-state index is 0.0573. The largest absolute Gasteiger partial charge is 0.460 e. The number of benzene rings is 1. The molecule has 9 heteroatoms. The summed E-state index contributed by atoms with van der Waals surface area (Å²) in [5, 5.41) is 0.436. The lowest BCUT2D eigenvalue weighted by Crippen LogP contribution is -2.39. The topological polar surface area (TPSA) is 81.2 Å². The van der Waals surface area contributed by atoms with Crippen molar-refractivity contribution in [1.82, 2.24) is 14.7 Å². The molecule has 1 saturated carbocycles. The highest BCUT2D eigenvalue weighted by atomic mass is 35.5. The molecule has 2 aromatic rings. The van der Waals surface area contributed by atoms with E-state index in [1.807, 2.05) is 0 Å². The van der Waals surface area contributed by atoms with Crippen LogP contribution in [0.15, 0.2) is 41.6 Å². The molecule has 0 unspecified atom stereocenters. The fraction of sp³-hybridized carbons (Fsp3) is 0.375. The molecular formula is C16H17ClFN3O3S. The maximum absolute atomic E-state index is 12.9. The van der Waals surface area contributed by atoms with Crippen molar-refractivity contribution in [2.45, 2.75) is 42.7 Å². The van der Waals surface area contributed by atoms with Gasteiger partial charge in [-0.2, -0.15) is 0 Å². The molecule has 0 spiro atoms. The van der Waals surface area contributed by atoms with Gasteiger partial charge < -0.3 is 4.74 Å². The third-order valence-corrected chi connectivity index (χ3v) is 5.72. The molecule has 1 heterocycles. The molecule has 1 aromatic heterocycles. The lowest BCUT2D eigenvalue weighted by atomic mass is 9.94. The average molecular weight is 386 g/mol. The highest BCUT2D eigenvalue weighted by Gasteiger charge is 2.27. The monoisotopic (exact) mass is 385 g/mol. The van der Waals surface area contributed by atoms with Gasteiger partial charge in [0.2, 0.25) is 10.0 Å². The second kappa shape index (κ2) is 7.63. The van der Waals surface area contributed by atoms with Crippen molar-refractivity contribution < 1.29 is 17.5 Å². The van der Waals surface area contributed by atoms with E-state index >= 15 is 0 Å². The molecule has 1 aliphatic carbocycles. The third-order valence-electron chi connectivity index (χ3n) is 3.99. The van der Waals surface area contributed by atoms with Gasteiger partial charge in [-0.3, -0.25) is 0 Å². The van der Waals surface area contributed by atoms with E-state index in [2.05, 4.69) is 14.7 Å². The summed E-state index contributed by atoms with van der Waals surface area (Å²) in [7, 11) is -3.65. The van der Waals surface area contributed by atoms with Crippen molar-refractivity contribution in [3.63, 3.8) is 0 Å². The van der Waals surface area contributed by atoms with Crippen molar-refractivity contribution in [1.29, 1.82) is 0 Å². The fourth-order valence-electron chi connectivity index (χ4n) is 2.71. The van der Waals surface area contributed by atoms with E-state index in [0.29, 0.717) is 30.7 Å². The second-order valence-electron chi connectivity index (χ2n) is 5.85. The van der Waals surface area contributed by atoms with E-state index in [4.69, 9.17) is 16.3 Å². The molecule has 0 radical (unpaired) electrons. The van der Waals surface area contributed by atoms with Crippen LogP contribution in [0.5, 0.6) is 6.01 Å². The molecule has 1 aromatic carbocycles. The number of sulfonamides is 1.